The number of ether oxygens (including phenoxy) is 1. The average Bonchev–Trinajstić information content (AvgIpc) is 2.27. The number of carbonyl (C=O) groups is 2. The Kier molecular flexibility index (Phi) is 3.88. The molecule has 5 heteroatoms. The number of hydrogen-bond acceptors (Lipinski definition) is 3. The zero-order valence-corrected chi connectivity index (χ0v) is 9.96. The molecule has 1 heterocycles. The molecule has 0 aliphatic carbocycles. The van der Waals surface area contributed by atoms with E-state index in [1.54, 1.807) is 20.8 Å². The smallest absolute Gasteiger partial charge is 0.410 e. The SMILES string of the molecule is CC(C)(C)OC(=O)N1CCCC(=O)C(F)C1. The summed E-state index contributed by atoms with van der Waals surface area (Å²) >= 11 is 0. The van der Waals surface area contributed by atoms with Crippen LogP contribution in [0.2, 0.25) is 0 Å². The van der Waals surface area contributed by atoms with E-state index < -0.39 is 23.6 Å². The van der Waals surface area contributed by atoms with Gasteiger partial charge in [0.25, 0.3) is 0 Å². The first kappa shape index (κ1) is 12.9. The molecule has 1 saturated heterocycles. The van der Waals surface area contributed by atoms with Crippen molar-refractivity contribution in [3.8, 4) is 0 Å². The van der Waals surface area contributed by atoms with Crippen LogP contribution in [0.15, 0.2) is 0 Å². The highest BCUT2D eigenvalue weighted by Gasteiger charge is 2.29. The fourth-order valence-corrected chi connectivity index (χ4v) is 1.48. The highest BCUT2D eigenvalue weighted by molar-refractivity contribution is 5.84. The lowest BCUT2D eigenvalue weighted by Crippen LogP contribution is -2.40. The lowest BCUT2D eigenvalue weighted by atomic mass is 10.2. The number of Topliss-reactive ketones (excluding diaryl/α,β-unsaturated/α-hetero) is 1. The van der Waals surface area contributed by atoms with Gasteiger partial charge in [0, 0.05) is 13.0 Å². The van der Waals surface area contributed by atoms with Crippen molar-refractivity contribution in [1.82, 2.24) is 4.90 Å². The molecule has 0 aromatic carbocycles. The molecule has 92 valence electrons. The van der Waals surface area contributed by atoms with Crippen LogP contribution in [0.25, 0.3) is 0 Å². The van der Waals surface area contributed by atoms with Gasteiger partial charge in [0.05, 0.1) is 6.54 Å². The number of alkyl halides is 1. The monoisotopic (exact) mass is 231 g/mol. The van der Waals surface area contributed by atoms with E-state index in [1.165, 1.54) is 4.90 Å². The Morgan fingerprint density at radius 2 is 2.12 bits per heavy atom. The van der Waals surface area contributed by atoms with Crippen LogP contribution in [0.3, 0.4) is 0 Å². The molecule has 1 fully saturated rings. The van der Waals surface area contributed by atoms with Crippen molar-refractivity contribution in [3.05, 3.63) is 0 Å². The first-order chi connectivity index (χ1) is 7.29. The Bertz CT molecular complexity index is 285. The quantitative estimate of drug-likeness (QED) is 0.640. The minimum atomic E-state index is -1.57. The van der Waals surface area contributed by atoms with Gasteiger partial charge >= 0.3 is 6.09 Å². The zero-order valence-electron chi connectivity index (χ0n) is 9.96. The fourth-order valence-electron chi connectivity index (χ4n) is 1.48. The third-order valence-corrected chi connectivity index (χ3v) is 2.23. The molecule has 0 saturated carbocycles. The number of carbonyl (C=O) groups excluding carboxylic acids is 2. The van der Waals surface area contributed by atoms with E-state index in [0.29, 0.717) is 13.0 Å². The maximum Gasteiger partial charge on any atom is 0.410 e. The van der Waals surface area contributed by atoms with E-state index in [0.717, 1.165) is 0 Å². The van der Waals surface area contributed by atoms with E-state index in [-0.39, 0.29) is 13.0 Å². The van der Waals surface area contributed by atoms with Gasteiger partial charge in [-0.05, 0) is 27.2 Å². The van der Waals surface area contributed by atoms with Crippen LogP contribution in [-0.2, 0) is 9.53 Å². The molecule has 16 heavy (non-hydrogen) atoms. The summed E-state index contributed by atoms with van der Waals surface area (Å²) in [6.45, 7) is 5.44. The summed E-state index contributed by atoms with van der Waals surface area (Å²) in [6.07, 6.45) is -1.43. The molecule has 1 rings (SSSR count). The van der Waals surface area contributed by atoms with Gasteiger partial charge in [0.1, 0.15) is 5.60 Å². The van der Waals surface area contributed by atoms with Crippen molar-refractivity contribution in [2.24, 2.45) is 0 Å². The lowest BCUT2D eigenvalue weighted by Gasteiger charge is -2.26. The largest absolute Gasteiger partial charge is 0.444 e. The number of likely N-dealkylation sites (tertiary alicyclic amines) is 1. The Hall–Kier alpha value is -1.13. The highest BCUT2D eigenvalue weighted by Crippen LogP contribution is 2.15. The maximum absolute atomic E-state index is 13.3. The van der Waals surface area contributed by atoms with E-state index in [2.05, 4.69) is 0 Å². The van der Waals surface area contributed by atoms with Crippen LogP contribution >= 0.6 is 0 Å². The second-order valence-electron chi connectivity index (χ2n) is 4.96. The predicted octanol–water partition coefficient (Wildman–Crippen LogP) is 1.92. The molecule has 0 N–H and O–H groups in total. The second kappa shape index (κ2) is 4.80. The van der Waals surface area contributed by atoms with Gasteiger partial charge in [-0.2, -0.15) is 0 Å². The Morgan fingerprint density at radius 1 is 1.50 bits per heavy atom. The normalized spacial score (nSPS) is 22.9. The van der Waals surface area contributed by atoms with Crippen molar-refractivity contribution in [1.29, 1.82) is 0 Å². The molecule has 1 unspecified atom stereocenters. The van der Waals surface area contributed by atoms with Crippen molar-refractivity contribution in [2.75, 3.05) is 13.1 Å². The van der Waals surface area contributed by atoms with Crippen LogP contribution < -0.4 is 0 Å². The van der Waals surface area contributed by atoms with Gasteiger partial charge < -0.3 is 9.64 Å². The average molecular weight is 231 g/mol. The minimum Gasteiger partial charge on any atom is -0.444 e. The van der Waals surface area contributed by atoms with E-state index in [1.807, 2.05) is 0 Å². The predicted molar refractivity (Wildman–Crippen MR) is 56.9 cm³/mol. The zero-order chi connectivity index (χ0) is 12.3. The van der Waals surface area contributed by atoms with Crippen molar-refractivity contribution >= 4 is 11.9 Å². The van der Waals surface area contributed by atoms with Crippen molar-refractivity contribution < 1.29 is 18.7 Å². The van der Waals surface area contributed by atoms with Crippen LogP contribution in [0.4, 0.5) is 9.18 Å². The van der Waals surface area contributed by atoms with E-state index in [9.17, 15) is 14.0 Å². The second-order valence-corrected chi connectivity index (χ2v) is 4.96. The topological polar surface area (TPSA) is 46.6 Å². The molecule has 0 aromatic heterocycles. The van der Waals surface area contributed by atoms with Gasteiger partial charge in [0.15, 0.2) is 12.0 Å². The molecule has 1 atom stereocenters. The molecule has 0 bridgehead atoms. The highest BCUT2D eigenvalue weighted by atomic mass is 19.1. The van der Waals surface area contributed by atoms with Crippen LogP contribution in [0, 0.1) is 0 Å². The summed E-state index contributed by atoms with van der Waals surface area (Å²) in [7, 11) is 0. The third-order valence-electron chi connectivity index (χ3n) is 2.23. The number of halogens is 1. The third kappa shape index (κ3) is 3.79. The van der Waals surface area contributed by atoms with E-state index in [4.69, 9.17) is 4.74 Å². The van der Waals surface area contributed by atoms with Crippen LogP contribution in [0.5, 0.6) is 0 Å². The lowest BCUT2D eigenvalue weighted by molar-refractivity contribution is -0.123. The summed E-state index contributed by atoms with van der Waals surface area (Å²) in [5.74, 6) is -0.425. The molecule has 4 nitrogen and oxygen atoms in total. The summed E-state index contributed by atoms with van der Waals surface area (Å²) in [5.41, 5.74) is -0.598. The fraction of sp³-hybridized carbons (Fsp3) is 0.818. The molecule has 1 aliphatic heterocycles. The molecular weight excluding hydrogens is 213 g/mol. The first-order valence-electron chi connectivity index (χ1n) is 5.44. The van der Waals surface area contributed by atoms with Gasteiger partial charge in [-0.25, -0.2) is 9.18 Å². The maximum atomic E-state index is 13.3. The van der Waals surface area contributed by atoms with Gasteiger partial charge in [-0.3, -0.25) is 4.79 Å². The Balaban J connectivity index is 2.59. The molecule has 0 spiro atoms. The molecule has 1 aliphatic rings. The summed E-state index contributed by atoms with van der Waals surface area (Å²) in [6, 6.07) is 0. The van der Waals surface area contributed by atoms with Gasteiger partial charge in [0.2, 0.25) is 0 Å². The summed E-state index contributed by atoms with van der Waals surface area (Å²) in [4.78, 5) is 24.0. The van der Waals surface area contributed by atoms with Gasteiger partial charge in [-0.1, -0.05) is 0 Å². The Labute approximate surface area is 94.7 Å². The first-order valence-corrected chi connectivity index (χ1v) is 5.44. The molecular formula is C11H18FNO3. The summed E-state index contributed by atoms with van der Waals surface area (Å²) < 4.78 is 18.4. The molecule has 0 aromatic rings. The van der Waals surface area contributed by atoms with Gasteiger partial charge in [-0.15, -0.1) is 0 Å². The van der Waals surface area contributed by atoms with Crippen LogP contribution in [0.1, 0.15) is 33.6 Å². The van der Waals surface area contributed by atoms with Crippen molar-refractivity contribution in [3.63, 3.8) is 0 Å². The molecule has 0 radical (unpaired) electrons. The van der Waals surface area contributed by atoms with Crippen molar-refractivity contribution in [2.45, 2.75) is 45.4 Å². The van der Waals surface area contributed by atoms with Crippen LogP contribution in [-0.4, -0.2) is 41.6 Å². The number of rotatable bonds is 0. The number of hydrogen-bond donors (Lipinski definition) is 0. The molecule has 1 amide bonds. The Morgan fingerprint density at radius 3 is 2.69 bits per heavy atom. The number of ketones is 1. The standard InChI is InChI=1S/C11H18FNO3/c1-11(2,3)16-10(15)13-6-4-5-9(14)8(12)7-13/h8H,4-7H2,1-3H3. The number of amides is 1. The minimum absolute atomic E-state index is 0.187. The number of nitrogens with zero attached hydrogens (tertiary/aromatic N) is 1. The van der Waals surface area contributed by atoms with E-state index >= 15 is 0 Å². The summed E-state index contributed by atoms with van der Waals surface area (Å²) in [5, 5.41) is 0.